The number of hydrogen-bond acceptors (Lipinski definition) is 2. The zero-order chi connectivity index (χ0) is 10.3. The minimum absolute atomic E-state index is 0.0517. The molecule has 0 aliphatic carbocycles. The Bertz CT molecular complexity index is 401. The van der Waals surface area contributed by atoms with Crippen LogP contribution in [0.2, 0.25) is 5.02 Å². The summed E-state index contributed by atoms with van der Waals surface area (Å²) in [5.74, 6) is -0.0517. The fourth-order valence-electron chi connectivity index (χ4n) is 1.66. The maximum absolute atomic E-state index is 11.2. The molecule has 1 aliphatic heterocycles. The molecule has 0 fully saturated rings. The number of aliphatic hydroxyl groups is 1. The van der Waals surface area contributed by atoms with Gasteiger partial charge in [0.2, 0.25) is 5.91 Å². The summed E-state index contributed by atoms with van der Waals surface area (Å²) in [7, 11) is 0. The van der Waals surface area contributed by atoms with Gasteiger partial charge in [0.1, 0.15) is 0 Å². The SMILES string of the molecule is CC(O)c1cc(Cl)cc2c1NC(=O)C2. The van der Waals surface area contributed by atoms with Crippen molar-refractivity contribution in [2.24, 2.45) is 0 Å². The first-order valence-corrected chi connectivity index (χ1v) is 4.76. The number of aliphatic hydroxyl groups excluding tert-OH is 1. The van der Waals surface area contributed by atoms with E-state index in [9.17, 15) is 9.90 Å². The first-order chi connectivity index (χ1) is 6.58. The van der Waals surface area contributed by atoms with E-state index in [0.717, 1.165) is 11.3 Å². The highest BCUT2D eigenvalue weighted by molar-refractivity contribution is 6.31. The van der Waals surface area contributed by atoms with Gasteiger partial charge in [0.15, 0.2) is 0 Å². The Labute approximate surface area is 86.7 Å². The molecule has 14 heavy (non-hydrogen) atoms. The van der Waals surface area contributed by atoms with Crippen LogP contribution in [-0.2, 0) is 11.2 Å². The van der Waals surface area contributed by atoms with Gasteiger partial charge in [-0.3, -0.25) is 4.79 Å². The Morgan fingerprint density at radius 2 is 2.29 bits per heavy atom. The number of carbonyl (C=O) groups excluding carboxylic acids is 1. The van der Waals surface area contributed by atoms with Crippen LogP contribution in [0.5, 0.6) is 0 Å². The number of rotatable bonds is 1. The van der Waals surface area contributed by atoms with E-state index in [1.165, 1.54) is 0 Å². The van der Waals surface area contributed by atoms with Crippen molar-refractivity contribution in [2.45, 2.75) is 19.4 Å². The van der Waals surface area contributed by atoms with Gasteiger partial charge in [0, 0.05) is 10.6 Å². The molecule has 74 valence electrons. The summed E-state index contributed by atoms with van der Waals surface area (Å²) in [5, 5.41) is 12.8. The smallest absolute Gasteiger partial charge is 0.228 e. The Morgan fingerprint density at radius 3 is 2.93 bits per heavy atom. The maximum Gasteiger partial charge on any atom is 0.228 e. The van der Waals surface area contributed by atoms with Crippen LogP contribution in [-0.4, -0.2) is 11.0 Å². The Balaban J connectivity index is 2.57. The average Bonchev–Trinajstić information content (AvgIpc) is 2.42. The van der Waals surface area contributed by atoms with E-state index in [-0.39, 0.29) is 5.91 Å². The van der Waals surface area contributed by atoms with Gasteiger partial charge >= 0.3 is 0 Å². The zero-order valence-electron chi connectivity index (χ0n) is 7.67. The number of nitrogens with one attached hydrogen (secondary N) is 1. The fourth-order valence-corrected chi connectivity index (χ4v) is 1.91. The van der Waals surface area contributed by atoms with Crippen molar-refractivity contribution in [1.29, 1.82) is 0 Å². The van der Waals surface area contributed by atoms with Crippen LogP contribution >= 0.6 is 11.6 Å². The zero-order valence-corrected chi connectivity index (χ0v) is 8.43. The Kier molecular flexibility index (Phi) is 2.21. The lowest BCUT2D eigenvalue weighted by atomic mass is 10.0. The van der Waals surface area contributed by atoms with E-state index in [4.69, 9.17) is 11.6 Å². The van der Waals surface area contributed by atoms with Gasteiger partial charge in [-0.1, -0.05) is 11.6 Å². The first kappa shape index (κ1) is 9.49. The molecular formula is C10H10ClNO2. The molecule has 0 radical (unpaired) electrons. The van der Waals surface area contributed by atoms with Crippen LogP contribution in [0.1, 0.15) is 24.2 Å². The topological polar surface area (TPSA) is 49.3 Å². The number of benzene rings is 1. The normalized spacial score (nSPS) is 16.4. The van der Waals surface area contributed by atoms with Gasteiger partial charge in [-0.05, 0) is 24.6 Å². The largest absolute Gasteiger partial charge is 0.389 e. The van der Waals surface area contributed by atoms with E-state index in [1.54, 1.807) is 19.1 Å². The third kappa shape index (κ3) is 1.49. The molecule has 4 heteroatoms. The highest BCUT2D eigenvalue weighted by atomic mass is 35.5. The summed E-state index contributed by atoms with van der Waals surface area (Å²) in [6.07, 6.45) is -0.281. The van der Waals surface area contributed by atoms with Crippen molar-refractivity contribution in [3.63, 3.8) is 0 Å². The van der Waals surface area contributed by atoms with Crippen LogP contribution in [0.4, 0.5) is 5.69 Å². The van der Waals surface area contributed by atoms with E-state index in [1.807, 2.05) is 0 Å². The number of fused-ring (bicyclic) bond motifs is 1. The molecule has 3 nitrogen and oxygen atoms in total. The molecule has 0 spiro atoms. The number of anilines is 1. The van der Waals surface area contributed by atoms with Gasteiger partial charge in [-0.25, -0.2) is 0 Å². The lowest BCUT2D eigenvalue weighted by Crippen LogP contribution is -2.05. The minimum atomic E-state index is -0.624. The average molecular weight is 212 g/mol. The van der Waals surface area contributed by atoms with E-state index < -0.39 is 6.10 Å². The van der Waals surface area contributed by atoms with Crippen LogP contribution in [0.15, 0.2) is 12.1 Å². The van der Waals surface area contributed by atoms with Crippen molar-refractivity contribution in [2.75, 3.05) is 5.32 Å². The molecule has 0 saturated carbocycles. The molecule has 2 rings (SSSR count). The molecule has 0 bridgehead atoms. The van der Waals surface area contributed by atoms with Gasteiger partial charge < -0.3 is 10.4 Å². The fraction of sp³-hybridized carbons (Fsp3) is 0.300. The summed E-state index contributed by atoms with van der Waals surface area (Å²) in [4.78, 5) is 11.2. The third-order valence-corrected chi connectivity index (χ3v) is 2.50. The monoisotopic (exact) mass is 211 g/mol. The third-order valence-electron chi connectivity index (χ3n) is 2.28. The molecule has 1 atom stereocenters. The number of amides is 1. The molecule has 1 aromatic carbocycles. The highest BCUT2D eigenvalue weighted by Gasteiger charge is 2.22. The van der Waals surface area contributed by atoms with Crippen molar-refractivity contribution >= 4 is 23.2 Å². The molecule has 1 unspecified atom stereocenters. The summed E-state index contributed by atoms with van der Waals surface area (Å²) in [5.41, 5.74) is 2.26. The van der Waals surface area contributed by atoms with Gasteiger partial charge in [0.25, 0.3) is 0 Å². The second-order valence-corrected chi connectivity index (χ2v) is 3.87. The molecule has 1 amide bonds. The summed E-state index contributed by atoms with van der Waals surface area (Å²) in [6, 6.07) is 3.43. The van der Waals surface area contributed by atoms with Crippen LogP contribution in [0, 0.1) is 0 Å². The van der Waals surface area contributed by atoms with Crippen LogP contribution < -0.4 is 5.32 Å². The Hall–Kier alpha value is -1.06. The molecule has 0 aromatic heterocycles. The minimum Gasteiger partial charge on any atom is -0.389 e. The molecule has 1 heterocycles. The molecule has 0 saturated heterocycles. The van der Waals surface area contributed by atoms with E-state index in [0.29, 0.717) is 17.0 Å². The predicted octanol–water partition coefficient (Wildman–Crippen LogP) is 1.89. The molecule has 1 aliphatic rings. The van der Waals surface area contributed by atoms with Crippen molar-refractivity contribution in [3.05, 3.63) is 28.3 Å². The molecule has 2 N–H and O–H groups in total. The van der Waals surface area contributed by atoms with Gasteiger partial charge in [-0.2, -0.15) is 0 Å². The molecular weight excluding hydrogens is 202 g/mol. The number of carbonyl (C=O) groups is 1. The Morgan fingerprint density at radius 1 is 1.57 bits per heavy atom. The van der Waals surface area contributed by atoms with E-state index >= 15 is 0 Å². The van der Waals surface area contributed by atoms with Crippen molar-refractivity contribution in [3.8, 4) is 0 Å². The first-order valence-electron chi connectivity index (χ1n) is 4.38. The lowest BCUT2D eigenvalue weighted by Gasteiger charge is -2.11. The van der Waals surface area contributed by atoms with Gasteiger partial charge in [-0.15, -0.1) is 0 Å². The summed E-state index contributed by atoms with van der Waals surface area (Å²) in [6.45, 7) is 1.65. The maximum atomic E-state index is 11.2. The van der Waals surface area contributed by atoms with Crippen molar-refractivity contribution in [1.82, 2.24) is 0 Å². The summed E-state index contributed by atoms with van der Waals surface area (Å²) < 4.78 is 0. The van der Waals surface area contributed by atoms with Crippen molar-refractivity contribution < 1.29 is 9.90 Å². The van der Waals surface area contributed by atoms with Crippen LogP contribution in [0.25, 0.3) is 0 Å². The highest BCUT2D eigenvalue weighted by Crippen LogP contribution is 2.34. The number of hydrogen-bond donors (Lipinski definition) is 2. The predicted molar refractivity (Wildman–Crippen MR) is 54.4 cm³/mol. The standard InChI is InChI=1S/C10H10ClNO2/c1-5(13)8-4-7(11)2-6-3-9(14)12-10(6)8/h2,4-5,13H,3H2,1H3,(H,12,14). The second kappa shape index (κ2) is 3.26. The molecule has 1 aromatic rings. The lowest BCUT2D eigenvalue weighted by molar-refractivity contribution is -0.115. The summed E-state index contributed by atoms with van der Waals surface area (Å²) >= 11 is 5.87. The quantitative estimate of drug-likeness (QED) is 0.745. The van der Waals surface area contributed by atoms with Crippen LogP contribution in [0.3, 0.4) is 0 Å². The number of halogens is 1. The van der Waals surface area contributed by atoms with Gasteiger partial charge in [0.05, 0.1) is 18.2 Å². The second-order valence-electron chi connectivity index (χ2n) is 3.43. The van der Waals surface area contributed by atoms with E-state index in [2.05, 4.69) is 5.32 Å².